The highest BCUT2D eigenvalue weighted by Gasteiger charge is 2.13. The van der Waals surface area contributed by atoms with Crippen molar-refractivity contribution in [3.05, 3.63) is 50.9 Å². The van der Waals surface area contributed by atoms with E-state index in [1.165, 1.54) is 23.5 Å². The van der Waals surface area contributed by atoms with Gasteiger partial charge in [0, 0.05) is 23.2 Å². The number of rotatable bonds is 4. The Morgan fingerprint density at radius 3 is 2.80 bits per heavy atom. The predicted molar refractivity (Wildman–Crippen MR) is 80.3 cm³/mol. The molecular formula is C13H13ClFN3OS. The van der Waals surface area contributed by atoms with E-state index in [1.54, 1.807) is 6.07 Å². The Balaban J connectivity index is 2.31. The van der Waals surface area contributed by atoms with Crippen molar-refractivity contribution in [2.24, 2.45) is 10.9 Å². The molecule has 0 aliphatic carbocycles. The first kappa shape index (κ1) is 14.6. The summed E-state index contributed by atoms with van der Waals surface area (Å²) in [7, 11) is 1.84. The number of oxime groups is 1. The molecule has 4 nitrogen and oxygen atoms in total. The minimum atomic E-state index is -0.442. The van der Waals surface area contributed by atoms with Crippen molar-refractivity contribution in [1.82, 2.24) is 0 Å². The van der Waals surface area contributed by atoms with E-state index >= 15 is 0 Å². The summed E-state index contributed by atoms with van der Waals surface area (Å²) in [6.45, 7) is 0.592. The Morgan fingerprint density at radius 2 is 2.20 bits per heavy atom. The number of amidine groups is 1. The zero-order valence-corrected chi connectivity index (χ0v) is 12.2. The Morgan fingerprint density at radius 1 is 1.45 bits per heavy atom. The van der Waals surface area contributed by atoms with Gasteiger partial charge in [0.1, 0.15) is 5.82 Å². The van der Waals surface area contributed by atoms with Gasteiger partial charge in [-0.25, -0.2) is 4.39 Å². The molecule has 0 fully saturated rings. The molecule has 20 heavy (non-hydrogen) atoms. The van der Waals surface area contributed by atoms with Gasteiger partial charge >= 0.3 is 0 Å². The van der Waals surface area contributed by atoms with Crippen molar-refractivity contribution in [2.45, 2.75) is 6.54 Å². The van der Waals surface area contributed by atoms with Crippen LogP contribution in [0.25, 0.3) is 0 Å². The van der Waals surface area contributed by atoms with Crippen molar-refractivity contribution in [1.29, 1.82) is 0 Å². The second-order valence-electron chi connectivity index (χ2n) is 4.21. The van der Waals surface area contributed by atoms with Gasteiger partial charge in [0.25, 0.3) is 0 Å². The van der Waals surface area contributed by atoms with Gasteiger partial charge in [-0.15, -0.1) is 11.3 Å². The third kappa shape index (κ3) is 3.20. The molecule has 1 aromatic carbocycles. The number of halogens is 2. The maximum absolute atomic E-state index is 13.3. The molecule has 0 amide bonds. The van der Waals surface area contributed by atoms with Crippen LogP contribution >= 0.6 is 22.9 Å². The molecule has 1 heterocycles. The molecule has 0 aliphatic rings. The third-order valence-corrected chi connectivity index (χ3v) is 3.99. The molecule has 0 atom stereocenters. The molecule has 1 aromatic heterocycles. The minimum absolute atomic E-state index is 0.129. The van der Waals surface area contributed by atoms with E-state index < -0.39 is 5.82 Å². The first-order valence-electron chi connectivity index (χ1n) is 5.74. The molecule has 0 saturated carbocycles. The largest absolute Gasteiger partial charge is 0.409 e. The van der Waals surface area contributed by atoms with Crippen molar-refractivity contribution in [2.75, 3.05) is 11.9 Å². The maximum Gasteiger partial charge on any atom is 0.172 e. The molecule has 0 bridgehead atoms. The van der Waals surface area contributed by atoms with Crippen LogP contribution in [-0.4, -0.2) is 18.1 Å². The van der Waals surface area contributed by atoms with Gasteiger partial charge in [0.15, 0.2) is 5.84 Å². The van der Waals surface area contributed by atoms with E-state index in [4.69, 9.17) is 22.5 Å². The highest BCUT2D eigenvalue weighted by molar-refractivity contribution is 7.16. The lowest BCUT2D eigenvalue weighted by molar-refractivity contribution is 0.318. The topological polar surface area (TPSA) is 61.8 Å². The number of thiophene rings is 1. The first-order valence-corrected chi connectivity index (χ1v) is 6.93. The van der Waals surface area contributed by atoms with Gasteiger partial charge < -0.3 is 15.8 Å². The minimum Gasteiger partial charge on any atom is -0.409 e. The number of nitrogens with zero attached hydrogens (tertiary/aromatic N) is 2. The molecule has 0 radical (unpaired) electrons. The van der Waals surface area contributed by atoms with Crippen LogP contribution in [0.1, 0.15) is 10.4 Å². The molecule has 0 spiro atoms. The summed E-state index contributed by atoms with van der Waals surface area (Å²) in [6, 6.07) is 7.92. The van der Waals surface area contributed by atoms with Crippen LogP contribution in [0, 0.1) is 5.82 Å². The van der Waals surface area contributed by atoms with Crippen molar-refractivity contribution in [3.63, 3.8) is 0 Å². The fourth-order valence-electron chi connectivity index (χ4n) is 1.86. The zero-order valence-electron chi connectivity index (χ0n) is 10.7. The Labute approximate surface area is 124 Å². The van der Waals surface area contributed by atoms with Gasteiger partial charge in [0.2, 0.25) is 0 Å². The van der Waals surface area contributed by atoms with E-state index in [-0.39, 0.29) is 5.84 Å². The molecule has 7 heteroatoms. The van der Waals surface area contributed by atoms with Crippen LogP contribution < -0.4 is 10.6 Å². The number of benzene rings is 1. The third-order valence-electron chi connectivity index (χ3n) is 2.78. The van der Waals surface area contributed by atoms with E-state index in [9.17, 15) is 4.39 Å². The van der Waals surface area contributed by atoms with Gasteiger partial charge in [0.05, 0.1) is 10.9 Å². The lowest BCUT2D eigenvalue weighted by Crippen LogP contribution is -2.22. The fourth-order valence-corrected chi connectivity index (χ4v) is 3.00. The Kier molecular flexibility index (Phi) is 4.46. The molecular weight excluding hydrogens is 301 g/mol. The van der Waals surface area contributed by atoms with E-state index in [1.807, 2.05) is 24.1 Å². The van der Waals surface area contributed by atoms with E-state index in [0.29, 0.717) is 22.1 Å². The summed E-state index contributed by atoms with van der Waals surface area (Å²) in [4.78, 5) is 2.95. The summed E-state index contributed by atoms with van der Waals surface area (Å²) in [6.07, 6.45) is 0. The second-order valence-corrected chi connectivity index (χ2v) is 6.01. The molecule has 0 unspecified atom stereocenters. The van der Waals surface area contributed by atoms with Crippen LogP contribution in [0.2, 0.25) is 4.34 Å². The summed E-state index contributed by atoms with van der Waals surface area (Å²) < 4.78 is 14.0. The van der Waals surface area contributed by atoms with Crippen molar-refractivity contribution < 1.29 is 9.60 Å². The SMILES string of the molecule is CN(Cc1ccc(Cl)s1)c1ccc(F)cc1C(N)=NO. The van der Waals surface area contributed by atoms with Crippen LogP contribution in [0.5, 0.6) is 0 Å². The van der Waals surface area contributed by atoms with Gasteiger partial charge in [-0.2, -0.15) is 0 Å². The second kappa shape index (κ2) is 6.11. The predicted octanol–water partition coefficient (Wildman–Crippen LogP) is 3.27. The van der Waals surface area contributed by atoms with E-state index in [2.05, 4.69) is 5.16 Å². The summed E-state index contributed by atoms with van der Waals surface area (Å²) in [5, 5.41) is 11.7. The molecule has 2 rings (SSSR count). The molecule has 0 aliphatic heterocycles. The van der Waals surface area contributed by atoms with Crippen LogP contribution in [0.4, 0.5) is 10.1 Å². The van der Waals surface area contributed by atoms with Crippen molar-refractivity contribution >= 4 is 34.5 Å². The van der Waals surface area contributed by atoms with Gasteiger partial charge in [-0.3, -0.25) is 0 Å². The summed E-state index contributed by atoms with van der Waals surface area (Å²) >= 11 is 7.37. The lowest BCUT2D eigenvalue weighted by atomic mass is 10.1. The van der Waals surface area contributed by atoms with Crippen LogP contribution in [-0.2, 0) is 6.54 Å². The monoisotopic (exact) mass is 313 g/mol. The average molecular weight is 314 g/mol. The van der Waals surface area contributed by atoms with Crippen LogP contribution in [0.15, 0.2) is 35.5 Å². The van der Waals surface area contributed by atoms with Crippen LogP contribution in [0.3, 0.4) is 0 Å². The Bertz CT molecular complexity index is 644. The number of nitrogens with two attached hydrogens (primary N) is 1. The average Bonchev–Trinajstić information content (AvgIpc) is 2.82. The molecule has 3 N–H and O–H groups in total. The van der Waals surface area contributed by atoms with Gasteiger partial charge in [-0.05, 0) is 30.3 Å². The lowest BCUT2D eigenvalue weighted by Gasteiger charge is -2.21. The standard InChI is InChI=1S/C13H13ClFN3OS/c1-18(7-9-3-5-12(14)20-9)11-4-2-8(15)6-10(11)13(16)17-19/h2-6,19H,7H2,1H3,(H2,16,17). The normalized spacial score (nSPS) is 11.7. The maximum atomic E-state index is 13.3. The first-order chi connectivity index (χ1) is 9.51. The quantitative estimate of drug-likeness (QED) is 0.394. The number of hydrogen-bond acceptors (Lipinski definition) is 4. The molecule has 0 saturated heterocycles. The molecule has 106 valence electrons. The highest BCUT2D eigenvalue weighted by Crippen LogP contribution is 2.26. The summed E-state index contributed by atoms with van der Waals surface area (Å²) in [5.74, 6) is -0.571. The Hall–Kier alpha value is -1.79. The fraction of sp³-hybridized carbons (Fsp3) is 0.154. The number of anilines is 1. The smallest absolute Gasteiger partial charge is 0.172 e. The molecule has 2 aromatic rings. The highest BCUT2D eigenvalue weighted by atomic mass is 35.5. The van der Waals surface area contributed by atoms with Gasteiger partial charge in [-0.1, -0.05) is 16.8 Å². The van der Waals surface area contributed by atoms with E-state index in [0.717, 1.165) is 4.88 Å². The summed E-state index contributed by atoms with van der Waals surface area (Å²) in [5.41, 5.74) is 6.60. The zero-order chi connectivity index (χ0) is 14.7. The number of hydrogen-bond donors (Lipinski definition) is 2. The van der Waals surface area contributed by atoms with Crippen molar-refractivity contribution in [3.8, 4) is 0 Å².